The first-order valence-electron chi connectivity index (χ1n) is 10.3. The Hall–Kier alpha value is -2.79. The second kappa shape index (κ2) is 8.70. The quantitative estimate of drug-likeness (QED) is 0.757. The number of ether oxygens (including phenoxy) is 2. The Balaban J connectivity index is 1.44. The fraction of sp³-hybridized carbons (Fsp3) is 0.375. The van der Waals surface area contributed by atoms with Crippen molar-refractivity contribution in [2.75, 3.05) is 33.4 Å². The molecule has 1 aromatic heterocycles. The van der Waals surface area contributed by atoms with Gasteiger partial charge >= 0.3 is 0 Å². The maximum atomic E-state index is 5.91. The molecular formula is C24H29N3O2. The Labute approximate surface area is 172 Å². The first-order valence-corrected chi connectivity index (χ1v) is 10.3. The van der Waals surface area contributed by atoms with Gasteiger partial charge in [0.1, 0.15) is 23.8 Å². The number of nitrogens with zero attached hydrogens (tertiary/aromatic N) is 2. The van der Waals surface area contributed by atoms with Crippen LogP contribution in [0.1, 0.15) is 35.4 Å². The van der Waals surface area contributed by atoms with Crippen molar-refractivity contribution in [1.82, 2.24) is 9.88 Å². The minimum Gasteiger partial charge on any atom is -0.494 e. The van der Waals surface area contributed by atoms with Crippen LogP contribution in [0.5, 0.6) is 5.75 Å². The van der Waals surface area contributed by atoms with Gasteiger partial charge in [0.05, 0.1) is 12.8 Å². The molecule has 0 bridgehead atoms. The van der Waals surface area contributed by atoms with E-state index in [9.17, 15) is 0 Å². The summed E-state index contributed by atoms with van der Waals surface area (Å²) in [5.41, 5.74) is 6.18. The van der Waals surface area contributed by atoms with Crippen LogP contribution in [0.3, 0.4) is 0 Å². The summed E-state index contributed by atoms with van der Waals surface area (Å²) >= 11 is 0. The average Bonchev–Trinajstić information content (AvgIpc) is 3.44. The second-order valence-corrected chi connectivity index (χ2v) is 7.71. The molecule has 5 nitrogen and oxygen atoms in total. The summed E-state index contributed by atoms with van der Waals surface area (Å²) in [4.78, 5) is 10.6. The number of aliphatic imine (C=N–C) groups is 1. The molecule has 3 heterocycles. The molecule has 5 heteroatoms. The van der Waals surface area contributed by atoms with Crippen LogP contribution >= 0.6 is 0 Å². The van der Waals surface area contributed by atoms with Crippen LogP contribution in [-0.4, -0.2) is 48.9 Å². The second-order valence-electron chi connectivity index (χ2n) is 7.71. The topological polar surface area (TPSA) is 49.9 Å². The average molecular weight is 392 g/mol. The Bertz CT molecular complexity index is 945. The highest BCUT2D eigenvalue weighted by atomic mass is 16.5. The standard InChI is InChI=1S/C24H29N3O2/c1-17-14-18(2)25-21(17)15-23-24(28-3)16-22(26-23)19-6-8-20(9-7-19)29-13-12-27-10-4-5-11-27/h6-9,14-16,25H,4-5,10-13H2,1-3H3/b23-15+. The van der Waals surface area contributed by atoms with Crippen molar-refractivity contribution in [2.24, 2.45) is 4.99 Å². The summed E-state index contributed by atoms with van der Waals surface area (Å²) in [6, 6.07) is 10.3. The molecule has 1 fully saturated rings. The lowest BCUT2D eigenvalue weighted by Crippen LogP contribution is -2.25. The highest BCUT2D eigenvalue weighted by Crippen LogP contribution is 2.26. The fourth-order valence-electron chi connectivity index (χ4n) is 3.89. The smallest absolute Gasteiger partial charge is 0.146 e. The van der Waals surface area contributed by atoms with Crippen molar-refractivity contribution in [3.05, 3.63) is 70.4 Å². The molecular weight excluding hydrogens is 362 g/mol. The monoisotopic (exact) mass is 391 g/mol. The third-order valence-corrected chi connectivity index (χ3v) is 5.48. The van der Waals surface area contributed by atoms with E-state index in [4.69, 9.17) is 14.5 Å². The van der Waals surface area contributed by atoms with Gasteiger partial charge in [0.2, 0.25) is 0 Å². The van der Waals surface area contributed by atoms with Crippen molar-refractivity contribution in [2.45, 2.75) is 26.7 Å². The van der Waals surface area contributed by atoms with E-state index in [0.29, 0.717) is 0 Å². The molecule has 0 saturated carbocycles. The first-order chi connectivity index (χ1) is 14.1. The van der Waals surface area contributed by atoms with E-state index in [1.54, 1.807) is 7.11 Å². The highest BCUT2D eigenvalue weighted by Gasteiger charge is 2.17. The van der Waals surface area contributed by atoms with Crippen LogP contribution in [0.15, 0.2) is 52.9 Å². The SMILES string of the molecule is COC1=CC(c2ccc(OCCN3CCCC3)cc2)=N/C1=C/c1[nH]c(C)cc1C. The first kappa shape index (κ1) is 19.5. The number of allylic oxidation sites excluding steroid dienone is 1. The van der Waals surface area contributed by atoms with Gasteiger partial charge in [-0.25, -0.2) is 4.99 Å². The van der Waals surface area contributed by atoms with Crippen LogP contribution in [0.25, 0.3) is 6.08 Å². The molecule has 2 aliphatic rings. The summed E-state index contributed by atoms with van der Waals surface area (Å²) in [6.45, 7) is 8.28. The number of rotatable bonds is 7. The molecule has 0 atom stereocenters. The Morgan fingerprint density at radius 1 is 1.14 bits per heavy atom. The minimum absolute atomic E-state index is 0.732. The van der Waals surface area contributed by atoms with Gasteiger partial charge in [0, 0.05) is 29.6 Å². The largest absolute Gasteiger partial charge is 0.494 e. The minimum atomic E-state index is 0.732. The van der Waals surface area contributed by atoms with Gasteiger partial charge in [-0.2, -0.15) is 0 Å². The summed E-state index contributed by atoms with van der Waals surface area (Å²) in [5.74, 6) is 1.67. The van der Waals surface area contributed by atoms with Crippen LogP contribution in [0.2, 0.25) is 0 Å². The molecule has 152 valence electrons. The van der Waals surface area contributed by atoms with E-state index in [1.165, 1.54) is 31.5 Å². The van der Waals surface area contributed by atoms with Crippen molar-refractivity contribution in [3.8, 4) is 5.75 Å². The lowest BCUT2D eigenvalue weighted by Gasteiger charge is -2.14. The fourth-order valence-corrected chi connectivity index (χ4v) is 3.89. The molecule has 0 radical (unpaired) electrons. The van der Waals surface area contributed by atoms with E-state index in [1.807, 2.05) is 24.3 Å². The number of likely N-dealkylation sites (tertiary alicyclic amines) is 1. The molecule has 29 heavy (non-hydrogen) atoms. The number of hydrogen-bond acceptors (Lipinski definition) is 4. The lowest BCUT2D eigenvalue weighted by atomic mass is 10.1. The number of H-pyrrole nitrogens is 1. The van der Waals surface area contributed by atoms with E-state index >= 15 is 0 Å². The van der Waals surface area contributed by atoms with Crippen LogP contribution < -0.4 is 4.74 Å². The predicted molar refractivity (Wildman–Crippen MR) is 117 cm³/mol. The number of aryl methyl sites for hydroxylation is 2. The van der Waals surface area contributed by atoms with Crippen molar-refractivity contribution < 1.29 is 9.47 Å². The molecule has 1 N–H and O–H groups in total. The predicted octanol–water partition coefficient (Wildman–Crippen LogP) is 4.48. The highest BCUT2D eigenvalue weighted by molar-refractivity contribution is 6.12. The molecule has 2 aromatic rings. The number of hydrogen-bond donors (Lipinski definition) is 1. The number of aromatic amines is 1. The van der Waals surface area contributed by atoms with Gasteiger partial charge in [0.25, 0.3) is 0 Å². The lowest BCUT2D eigenvalue weighted by molar-refractivity contribution is 0.238. The van der Waals surface area contributed by atoms with Gasteiger partial charge in [-0.3, -0.25) is 4.90 Å². The van der Waals surface area contributed by atoms with Crippen LogP contribution in [0, 0.1) is 13.8 Å². The Morgan fingerprint density at radius 3 is 2.55 bits per heavy atom. The number of aromatic nitrogens is 1. The molecule has 0 amide bonds. The van der Waals surface area contributed by atoms with Gasteiger partial charge in [-0.05, 0) is 81.7 Å². The summed E-state index contributed by atoms with van der Waals surface area (Å²) in [7, 11) is 1.68. The normalized spacial score (nSPS) is 18.2. The van der Waals surface area contributed by atoms with Gasteiger partial charge in [0.15, 0.2) is 0 Å². The summed E-state index contributed by atoms with van der Waals surface area (Å²) in [6.07, 6.45) is 6.65. The molecule has 4 rings (SSSR count). The van der Waals surface area contributed by atoms with Gasteiger partial charge in [-0.1, -0.05) is 0 Å². The molecule has 0 unspecified atom stereocenters. The van der Waals surface area contributed by atoms with E-state index in [-0.39, 0.29) is 0 Å². The van der Waals surface area contributed by atoms with Gasteiger partial charge in [-0.15, -0.1) is 0 Å². The van der Waals surface area contributed by atoms with Crippen LogP contribution in [0.4, 0.5) is 0 Å². The molecule has 0 aliphatic carbocycles. The third-order valence-electron chi connectivity index (χ3n) is 5.48. The zero-order chi connectivity index (χ0) is 20.2. The van der Waals surface area contributed by atoms with E-state index in [0.717, 1.165) is 53.0 Å². The molecule has 1 saturated heterocycles. The number of nitrogens with one attached hydrogen (secondary N) is 1. The van der Waals surface area contributed by atoms with Gasteiger partial charge < -0.3 is 14.5 Å². The maximum absolute atomic E-state index is 5.91. The summed E-state index contributed by atoms with van der Waals surface area (Å²) < 4.78 is 11.5. The van der Waals surface area contributed by atoms with E-state index in [2.05, 4.69) is 41.9 Å². The van der Waals surface area contributed by atoms with Crippen molar-refractivity contribution in [1.29, 1.82) is 0 Å². The Morgan fingerprint density at radius 2 is 1.90 bits per heavy atom. The zero-order valence-corrected chi connectivity index (χ0v) is 17.5. The maximum Gasteiger partial charge on any atom is 0.146 e. The molecule has 2 aliphatic heterocycles. The molecule has 1 aromatic carbocycles. The molecule has 0 spiro atoms. The third kappa shape index (κ3) is 4.62. The Kier molecular flexibility index (Phi) is 5.86. The summed E-state index contributed by atoms with van der Waals surface area (Å²) in [5, 5.41) is 0. The number of methoxy groups -OCH3 is 1. The van der Waals surface area contributed by atoms with Crippen LogP contribution in [-0.2, 0) is 4.74 Å². The van der Waals surface area contributed by atoms with E-state index < -0.39 is 0 Å². The number of benzene rings is 1. The van der Waals surface area contributed by atoms with Crippen molar-refractivity contribution in [3.63, 3.8) is 0 Å². The zero-order valence-electron chi connectivity index (χ0n) is 17.5. The van der Waals surface area contributed by atoms with Crippen molar-refractivity contribution >= 4 is 11.8 Å².